The Morgan fingerprint density at radius 3 is 2.65 bits per heavy atom. The van der Waals surface area contributed by atoms with E-state index >= 15 is 0 Å². The highest BCUT2D eigenvalue weighted by Crippen LogP contribution is 2.24. The van der Waals surface area contributed by atoms with Crippen molar-refractivity contribution in [2.45, 2.75) is 20.0 Å². The van der Waals surface area contributed by atoms with Crippen molar-refractivity contribution in [1.82, 2.24) is 0 Å². The molecule has 1 N–H and O–H groups in total. The Balaban J connectivity index is 3.02. The van der Waals surface area contributed by atoms with Gasteiger partial charge in [0.15, 0.2) is 6.10 Å². The maximum atomic E-state index is 11.0. The van der Waals surface area contributed by atoms with Gasteiger partial charge in [0.1, 0.15) is 11.8 Å². The van der Waals surface area contributed by atoms with Crippen molar-refractivity contribution >= 4 is 21.9 Å². The van der Waals surface area contributed by atoms with Crippen LogP contribution in [0.5, 0.6) is 5.75 Å². The summed E-state index contributed by atoms with van der Waals surface area (Å²) in [6, 6.07) is 6.85. The van der Waals surface area contributed by atoms with Gasteiger partial charge in [-0.3, -0.25) is 0 Å². The summed E-state index contributed by atoms with van der Waals surface area (Å²) in [6.45, 7) is 3.51. The van der Waals surface area contributed by atoms with E-state index < -0.39 is 12.1 Å². The van der Waals surface area contributed by atoms with Crippen molar-refractivity contribution in [1.29, 1.82) is 5.26 Å². The van der Waals surface area contributed by atoms with Gasteiger partial charge in [0.05, 0.1) is 5.56 Å². The van der Waals surface area contributed by atoms with Gasteiger partial charge in [-0.15, -0.1) is 0 Å². The summed E-state index contributed by atoms with van der Waals surface area (Å²) in [5, 5.41) is 17.9. The van der Waals surface area contributed by atoms with E-state index in [0.29, 0.717) is 5.56 Å². The highest BCUT2D eigenvalue weighted by molar-refractivity contribution is 9.10. The Kier molecular flexibility index (Phi) is 4.53. The van der Waals surface area contributed by atoms with E-state index in [0.717, 1.165) is 4.47 Å². The summed E-state index contributed by atoms with van der Waals surface area (Å²) in [4.78, 5) is 11.0. The third-order valence-electron chi connectivity index (χ3n) is 2.16. The normalized spacial score (nSPS) is 11.9. The zero-order valence-corrected chi connectivity index (χ0v) is 11.1. The van der Waals surface area contributed by atoms with E-state index in [1.165, 1.54) is 0 Å². The first-order valence-electron chi connectivity index (χ1n) is 5.04. The van der Waals surface area contributed by atoms with Gasteiger partial charge in [0.25, 0.3) is 0 Å². The van der Waals surface area contributed by atoms with Crippen LogP contribution < -0.4 is 4.74 Å². The first-order chi connectivity index (χ1) is 7.95. The Morgan fingerprint density at radius 1 is 1.53 bits per heavy atom. The molecule has 1 aromatic carbocycles. The first-order valence-corrected chi connectivity index (χ1v) is 5.84. The van der Waals surface area contributed by atoms with Crippen molar-refractivity contribution in [2.75, 3.05) is 0 Å². The van der Waals surface area contributed by atoms with Crippen LogP contribution in [0.3, 0.4) is 0 Å². The molecular weight excluding hydrogens is 286 g/mol. The SMILES string of the molecule is CC(C)C(Oc1ccc(Br)cc1C#N)C(=O)O. The van der Waals surface area contributed by atoms with Crippen LogP contribution in [0.1, 0.15) is 19.4 Å². The van der Waals surface area contributed by atoms with Gasteiger partial charge in [0, 0.05) is 10.4 Å². The number of nitrogens with zero attached hydrogens (tertiary/aromatic N) is 1. The molecule has 0 aliphatic rings. The molecule has 0 aliphatic heterocycles. The molecule has 0 amide bonds. The fraction of sp³-hybridized carbons (Fsp3) is 0.333. The number of carboxylic acids is 1. The van der Waals surface area contributed by atoms with E-state index in [1.54, 1.807) is 32.0 Å². The van der Waals surface area contributed by atoms with Gasteiger partial charge in [-0.1, -0.05) is 29.8 Å². The fourth-order valence-electron chi connectivity index (χ4n) is 1.30. The molecular formula is C12H12BrNO3. The number of carboxylic acid groups (broad SMARTS) is 1. The summed E-state index contributed by atoms with van der Waals surface area (Å²) >= 11 is 3.24. The monoisotopic (exact) mass is 297 g/mol. The zero-order valence-electron chi connectivity index (χ0n) is 9.48. The van der Waals surface area contributed by atoms with Gasteiger partial charge in [0.2, 0.25) is 0 Å². The maximum Gasteiger partial charge on any atom is 0.345 e. The Hall–Kier alpha value is -1.54. The lowest BCUT2D eigenvalue weighted by molar-refractivity contribution is -0.147. The van der Waals surface area contributed by atoms with Gasteiger partial charge >= 0.3 is 5.97 Å². The molecule has 0 spiro atoms. The lowest BCUT2D eigenvalue weighted by Gasteiger charge is -2.19. The van der Waals surface area contributed by atoms with Crippen molar-refractivity contribution in [3.8, 4) is 11.8 Å². The second kappa shape index (κ2) is 5.69. The highest BCUT2D eigenvalue weighted by atomic mass is 79.9. The predicted octanol–water partition coefficient (Wildman–Crippen LogP) is 2.81. The lowest BCUT2D eigenvalue weighted by Crippen LogP contribution is -2.32. The van der Waals surface area contributed by atoms with Crippen LogP contribution >= 0.6 is 15.9 Å². The van der Waals surface area contributed by atoms with Crippen LogP contribution in [0.2, 0.25) is 0 Å². The molecule has 0 aromatic heterocycles. The topological polar surface area (TPSA) is 70.3 Å². The average Bonchev–Trinajstić information content (AvgIpc) is 2.26. The predicted molar refractivity (Wildman–Crippen MR) is 65.7 cm³/mol. The van der Waals surface area contributed by atoms with Crippen LogP contribution in [-0.4, -0.2) is 17.2 Å². The summed E-state index contributed by atoms with van der Waals surface area (Å²) < 4.78 is 6.12. The second-order valence-corrected chi connectivity index (χ2v) is 4.79. The largest absolute Gasteiger partial charge is 0.478 e. The second-order valence-electron chi connectivity index (χ2n) is 3.87. The number of carbonyl (C=O) groups is 1. The van der Waals surface area contributed by atoms with E-state index in [-0.39, 0.29) is 11.7 Å². The van der Waals surface area contributed by atoms with E-state index in [9.17, 15) is 4.79 Å². The molecule has 1 atom stereocenters. The van der Waals surface area contributed by atoms with Gasteiger partial charge in [-0.05, 0) is 18.2 Å². The van der Waals surface area contributed by atoms with E-state index in [2.05, 4.69) is 15.9 Å². The third-order valence-corrected chi connectivity index (χ3v) is 2.66. The summed E-state index contributed by atoms with van der Waals surface area (Å²) in [7, 11) is 0. The zero-order chi connectivity index (χ0) is 13.0. The number of hydrogen-bond donors (Lipinski definition) is 1. The average molecular weight is 298 g/mol. The number of ether oxygens (including phenoxy) is 1. The van der Waals surface area contributed by atoms with Gasteiger partial charge < -0.3 is 9.84 Å². The lowest BCUT2D eigenvalue weighted by atomic mass is 10.1. The van der Waals surface area contributed by atoms with E-state index in [1.807, 2.05) is 6.07 Å². The van der Waals surface area contributed by atoms with Gasteiger partial charge in [-0.25, -0.2) is 4.79 Å². The molecule has 90 valence electrons. The fourth-order valence-corrected chi connectivity index (χ4v) is 1.66. The van der Waals surface area contributed by atoms with Crippen molar-refractivity contribution in [3.63, 3.8) is 0 Å². The number of benzene rings is 1. The standard InChI is InChI=1S/C12H12BrNO3/c1-7(2)11(12(15)16)17-10-4-3-9(13)5-8(10)6-14/h3-5,7,11H,1-2H3,(H,15,16). The number of rotatable bonds is 4. The van der Waals surface area contributed by atoms with Gasteiger partial charge in [-0.2, -0.15) is 5.26 Å². The highest BCUT2D eigenvalue weighted by Gasteiger charge is 2.24. The first kappa shape index (κ1) is 13.5. The molecule has 0 fully saturated rings. The Morgan fingerprint density at radius 2 is 2.18 bits per heavy atom. The molecule has 1 unspecified atom stereocenters. The number of aliphatic carboxylic acids is 1. The molecule has 0 saturated heterocycles. The minimum atomic E-state index is -1.04. The molecule has 1 aromatic rings. The van der Waals surface area contributed by atoms with Crippen LogP contribution in [0.4, 0.5) is 0 Å². The summed E-state index contributed by atoms with van der Waals surface area (Å²) in [5.74, 6) is -0.925. The smallest absolute Gasteiger partial charge is 0.345 e. The van der Waals surface area contributed by atoms with Crippen LogP contribution in [-0.2, 0) is 4.79 Å². The van der Waals surface area contributed by atoms with Crippen LogP contribution in [0.25, 0.3) is 0 Å². The number of hydrogen-bond acceptors (Lipinski definition) is 3. The summed E-state index contributed by atoms with van der Waals surface area (Å²) in [6.07, 6.45) is -0.955. The molecule has 5 heteroatoms. The molecule has 4 nitrogen and oxygen atoms in total. The Labute approximate surface area is 108 Å². The van der Waals surface area contributed by atoms with Crippen molar-refractivity contribution in [2.24, 2.45) is 5.92 Å². The summed E-state index contributed by atoms with van der Waals surface area (Å²) in [5.41, 5.74) is 0.311. The quantitative estimate of drug-likeness (QED) is 0.928. The molecule has 0 aliphatic carbocycles. The third kappa shape index (κ3) is 3.46. The molecule has 0 bridgehead atoms. The molecule has 17 heavy (non-hydrogen) atoms. The minimum Gasteiger partial charge on any atom is -0.478 e. The number of halogens is 1. The molecule has 0 radical (unpaired) electrons. The Bertz CT molecular complexity index is 465. The van der Waals surface area contributed by atoms with Crippen molar-refractivity contribution < 1.29 is 14.6 Å². The molecule has 0 saturated carbocycles. The van der Waals surface area contributed by atoms with E-state index in [4.69, 9.17) is 15.1 Å². The minimum absolute atomic E-state index is 0.178. The molecule has 0 heterocycles. The van der Waals surface area contributed by atoms with Crippen LogP contribution in [0, 0.1) is 17.2 Å². The maximum absolute atomic E-state index is 11.0. The van der Waals surface area contributed by atoms with Crippen molar-refractivity contribution in [3.05, 3.63) is 28.2 Å². The molecule has 1 rings (SSSR count). The number of nitriles is 1. The van der Waals surface area contributed by atoms with Crippen LogP contribution in [0.15, 0.2) is 22.7 Å².